The van der Waals surface area contributed by atoms with Crippen LogP contribution in [0.5, 0.6) is 0 Å². The Kier molecular flexibility index (Phi) is 5.22. The van der Waals surface area contributed by atoms with Crippen molar-refractivity contribution in [3.05, 3.63) is 54.1 Å². The average Bonchev–Trinajstić information content (AvgIpc) is 3.29. The molecule has 2 amide bonds. The van der Waals surface area contributed by atoms with Crippen LogP contribution in [0, 0.1) is 0 Å². The molecule has 0 aliphatic rings. The summed E-state index contributed by atoms with van der Waals surface area (Å²) < 4.78 is 1.78. The van der Waals surface area contributed by atoms with Gasteiger partial charge in [0.2, 0.25) is 11.8 Å². The van der Waals surface area contributed by atoms with Crippen molar-refractivity contribution in [1.82, 2.24) is 24.8 Å². The van der Waals surface area contributed by atoms with E-state index in [0.717, 1.165) is 27.9 Å². The molecule has 0 atom stereocenters. The SMILES string of the molecule is CNC(=O)Cc1nc2ccccc2n1CC(=O)Nc1ccc2nc(C(C)(C)C)[nH]c2c1. The lowest BCUT2D eigenvalue weighted by atomic mass is 9.96. The lowest BCUT2D eigenvalue weighted by molar-refractivity contribution is -0.120. The van der Waals surface area contributed by atoms with E-state index < -0.39 is 0 Å². The second kappa shape index (κ2) is 7.86. The quantitative estimate of drug-likeness (QED) is 0.463. The van der Waals surface area contributed by atoms with Gasteiger partial charge < -0.3 is 20.2 Å². The van der Waals surface area contributed by atoms with Gasteiger partial charge in [-0.25, -0.2) is 9.97 Å². The third-order valence-corrected chi connectivity index (χ3v) is 5.11. The fourth-order valence-electron chi connectivity index (χ4n) is 3.46. The second-order valence-electron chi connectivity index (χ2n) is 8.57. The first-order valence-electron chi connectivity index (χ1n) is 10.2. The zero-order valence-corrected chi connectivity index (χ0v) is 18.1. The van der Waals surface area contributed by atoms with Crippen LogP contribution in [-0.4, -0.2) is 38.4 Å². The molecule has 4 rings (SSSR count). The Bertz CT molecular complexity index is 1280. The van der Waals surface area contributed by atoms with E-state index in [1.54, 1.807) is 11.6 Å². The van der Waals surface area contributed by atoms with Gasteiger partial charge in [-0.05, 0) is 30.3 Å². The van der Waals surface area contributed by atoms with Gasteiger partial charge in [-0.2, -0.15) is 0 Å². The Hall–Kier alpha value is -3.68. The van der Waals surface area contributed by atoms with E-state index in [2.05, 4.69) is 46.4 Å². The van der Waals surface area contributed by atoms with Crippen LogP contribution in [0.25, 0.3) is 22.1 Å². The van der Waals surface area contributed by atoms with Crippen LogP contribution < -0.4 is 10.6 Å². The summed E-state index contributed by atoms with van der Waals surface area (Å²) in [6.07, 6.45) is 0.105. The number of nitrogens with one attached hydrogen (secondary N) is 3. The van der Waals surface area contributed by atoms with Crippen molar-refractivity contribution in [2.24, 2.45) is 0 Å². The molecule has 4 aromatic rings. The van der Waals surface area contributed by atoms with Gasteiger partial charge in [-0.15, -0.1) is 0 Å². The summed E-state index contributed by atoms with van der Waals surface area (Å²) in [7, 11) is 1.58. The lowest BCUT2D eigenvalue weighted by Gasteiger charge is -2.13. The Balaban J connectivity index is 1.58. The van der Waals surface area contributed by atoms with Crippen LogP contribution in [0.15, 0.2) is 42.5 Å². The summed E-state index contributed by atoms with van der Waals surface area (Å²) in [6, 6.07) is 13.2. The van der Waals surface area contributed by atoms with Crippen LogP contribution in [-0.2, 0) is 28.0 Å². The summed E-state index contributed by atoms with van der Waals surface area (Å²) in [5.74, 6) is 1.09. The maximum Gasteiger partial charge on any atom is 0.244 e. The Morgan fingerprint density at radius 3 is 2.55 bits per heavy atom. The van der Waals surface area contributed by atoms with Gasteiger partial charge in [0.25, 0.3) is 0 Å². The predicted molar refractivity (Wildman–Crippen MR) is 121 cm³/mol. The number of aromatic amines is 1. The number of amides is 2. The van der Waals surface area contributed by atoms with E-state index >= 15 is 0 Å². The normalized spacial score (nSPS) is 11.7. The molecular weight excluding hydrogens is 392 g/mol. The van der Waals surface area contributed by atoms with Gasteiger partial charge in [-0.1, -0.05) is 32.9 Å². The van der Waals surface area contributed by atoms with Crippen molar-refractivity contribution in [1.29, 1.82) is 0 Å². The summed E-state index contributed by atoms with van der Waals surface area (Å²) in [5, 5.41) is 5.55. The molecule has 0 aliphatic carbocycles. The minimum absolute atomic E-state index is 0.0566. The average molecular weight is 419 g/mol. The number of anilines is 1. The van der Waals surface area contributed by atoms with Crippen molar-refractivity contribution in [3.63, 3.8) is 0 Å². The maximum atomic E-state index is 12.8. The van der Waals surface area contributed by atoms with Crippen molar-refractivity contribution >= 4 is 39.6 Å². The summed E-state index contributed by atoms with van der Waals surface area (Å²) in [4.78, 5) is 37.3. The molecule has 2 aromatic heterocycles. The fourth-order valence-corrected chi connectivity index (χ4v) is 3.46. The van der Waals surface area contributed by atoms with Crippen LogP contribution in [0.4, 0.5) is 5.69 Å². The highest BCUT2D eigenvalue weighted by atomic mass is 16.2. The van der Waals surface area contributed by atoms with Crippen LogP contribution in [0.3, 0.4) is 0 Å². The Morgan fingerprint density at radius 2 is 1.81 bits per heavy atom. The number of carbonyl (C=O) groups excluding carboxylic acids is 2. The van der Waals surface area contributed by atoms with E-state index in [0.29, 0.717) is 11.5 Å². The smallest absolute Gasteiger partial charge is 0.244 e. The highest BCUT2D eigenvalue weighted by Crippen LogP contribution is 2.24. The number of aromatic nitrogens is 4. The van der Waals surface area contributed by atoms with Gasteiger partial charge in [-0.3, -0.25) is 9.59 Å². The first-order valence-corrected chi connectivity index (χ1v) is 10.2. The maximum absolute atomic E-state index is 12.8. The molecular formula is C23H26N6O2. The summed E-state index contributed by atoms with van der Waals surface area (Å²) >= 11 is 0. The molecule has 8 nitrogen and oxygen atoms in total. The number of hydrogen-bond donors (Lipinski definition) is 3. The number of H-pyrrole nitrogens is 1. The number of benzene rings is 2. The van der Waals surface area contributed by atoms with Gasteiger partial charge in [0.05, 0.1) is 28.5 Å². The number of rotatable bonds is 5. The zero-order chi connectivity index (χ0) is 22.2. The number of fused-ring (bicyclic) bond motifs is 2. The molecule has 0 fully saturated rings. The molecule has 0 spiro atoms. The van der Waals surface area contributed by atoms with Crippen LogP contribution in [0.1, 0.15) is 32.4 Å². The van der Waals surface area contributed by atoms with E-state index in [-0.39, 0.29) is 30.2 Å². The van der Waals surface area contributed by atoms with Crippen LogP contribution in [0.2, 0.25) is 0 Å². The summed E-state index contributed by atoms with van der Waals surface area (Å²) in [6.45, 7) is 6.35. The minimum atomic E-state index is -0.198. The molecule has 3 N–H and O–H groups in total. The van der Waals surface area contributed by atoms with E-state index in [9.17, 15) is 9.59 Å². The van der Waals surface area contributed by atoms with Gasteiger partial charge >= 0.3 is 0 Å². The third kappa shape index (κ3) is 4.28. The third-order valence-electron chi connectivity index (χ3n) is 5.11. The van der Waals surface area contributed by atoms with Crippen molar-refractivity contribution in [2.75, 3.05) is 12.4 Å². The van der Waals surface area contributed by atoms with Gasteiger partial charge in [0.15, 0.2) is 0 Å². The predicted octanol–water partition coefficient (Wildman–Crippen LogP) is 3.14. The number of likely N-dealkylation sites (N-methyl/N-ethyl adjacent to an activating group) is 1. The van der Waals surface area contributed by atoms with E-state index in [1.165, 1.54) is 0 Å². The largest absolute Gasteiger partial charge is 0.359 e. The van der Waals surface area contributed by atoms with Crippen molar-refractivity contribution in [3.8, 4) is 0 Å². The molecule has 0 saturated heterocycles. The molecule has 2 heterocycles. The highest BCUT2D eigenvalue weighted by Gasteiger charge is 2.19. The summed E-state index contributed by atoms with van der Waals surface area (Å²) in [5.41, 5.74) is 3.89. The standard InChI is InChI=1S/C23H26N6O2/c1-23(2,3)22-27-15-10-9-14(11-17(15)28-22)25-21(31)13-29-18-8-6-5-7-16(18)26-19(29)12-20(30)24-4/h5-11H,12-13H2,1-4H3,(H,24,30)(H,25,31)(H,27,28). The molecule has 0 radical (unpaired) electrons. The molecule has 31 heavy (non-hydrogen) atoms. The topological polar surface area (TPSA) is 105 Å². The number of carbonyl (C=O) groups is 2. The number of para-hydroxylation sites is 2. The lowest BCUT2D eigenvalue weighted by Crippen LogP contribution is -2.24. The monoisotopic (exact) mass is 418 g/mol. The van der Waals surface area contributed by atoms with E-state index in [4.69, 9.17) is 0 Å². The number of nitrogens with zero attached hydrogens (tertiary/aromatic N) is 3. The number of hydrogen-bond acceptors (Lipinski definition) is 4. The molecule has 0 bridgehead atoms. The molecule has 0 saturated carbocycles. The van der Waals surface area contributed by atoms with E-state index in [1.807, 2.05) is 42.5 Å². The molecule has 160 valence electrons. The van der Waals surface area contributed by atoms with Gasteiger partial charge in [0, 0.05) is 18.2 Å². The molecule has 8 heteroatoms. The first-order chi connectivity index (χ1) is 14.7. The second-order valence-corrected chi connectivity index (χ2v) is 8.57. The Morgan fingerprint density at radius 1 is 1.03 bits per heavy atom. The molecule has 0 unspecified atom stereocenters. The Labute approximate surface area is 180 Å². The molecule has 0 aliphatic heterocycles. The van der Waals surface area contributed by atoms with Crippen LogP contribution >= 0.6 is 0 Å². The number of imidazole rings is 2. The fraction of sp³-hybridized carbons (Fsp3) is 0.304. The minimum Gasteiger partial charge on any atom is -0.359 e. The first kappa shape index (κ1) is 20.6. The van der Waals surface area contributed by atoms with Crippen molar-refractivity contribution < 1.29 is 9.59 Å². The van der Waals surface area contributed by atoms with Gasteiger partial charge in [0.1, 0.15) is 18.2 Å². The highest BCUT2D eigenvalue weighted by molar-refractivity contribution is 5.94. The zero-order valence-electron chi connectivity index (χ0n) is 18.1. The van der Waals surface area contributed by atoms with Crippen molar-refractivity contribution in [2.45, 2.75) is 39.2 Å². The molecule has 2 aromatic carbocycles.